The van der Waals surface area contributed by atoms with Crippen LogP contribution >= 0.6 is 11.3 Å². The van der Waals surface area contributed by atoms with E-state index in [2.05, 4.69) is 10.3 Å². The van der Waals surface area contributed by atoms with E-state index >= 15 is 0 Å². The average Bonchev–Trinajstić information content (AvgIpc) is 3.02. The van der Waals surface area contributed by atoms with Crippen molar-refractivity contribution in [3.8, 4) is 5.88 Å². The molecule has 0 aliphatic carbocycles. The van der Waals surface area contributed by atoms with E-state index < -0.39 is 29.8 Å². The predicted molar refractivity (Wildman–Crippen MR) is 100 cm³/mol. The number of hydrogen-bond donors (Lipinski definition) is 2. The molecule has 0 radical (unpaired) electrons. The number of aromatic nitrogens is 1. The number of nitrogens with one attached hydrogen (secondary N) is 1. The Bertz CT molecular complexity index is 934. The van der Waals surface area contributed by atoms with Gasteiger partial charge in [-0.1, -0.05) is 0 Å². The number of amides is 2. The van der Waals surface area contributed by atoms with Crippen LogP contribution in [0, 0.1) is 0 Å². The van der Waals surface area contributed by atoms with E-state index in [1.165, 1.54) is 17.3 Å². The molecule has 2 atom stereocenters. The van der Waals surface area contributed by atoms with Gasteiger partial charge in [-0.2, -0.15) is 13.2 Å². The molecule has 2 amide bonds. The van der Waals surface area contributed by atoms with Crippen LogP contribution in [-0.2, 0) is 6.18 Å². The maximum Gasteiger partial charge on any atom is 0.418 e. The van der Waals surface area contributed by atoms with Crippen molar-refractivity contribution in [1.82, 2.24) is 15.2 Å². The summed E-state index contributed by atoms with van der Waals surface area (Å²) in [5, 5.41) is 13.0. The fourth-order valence-electron chi connectivity index (χ4n) is 3.71. The number of carboxylic acid groups (broad SMARTS) is 1. The molecule has 1 fully saturated rings. The van der Waals surface area contributed by atoms with Gasteiger partial charge in [0.25, 0.3) is 5.91 Å². The molecule has 0 bridgehead atoms. The van der Waals surface area contributed by atoms with Crippen LogP contribution in [0.5, 0.6) is 5.88 Å². The predicted octanol–water partition coefficient (Wildman–Crippen LogP) is 3.97. The number of halogens is 3. The number of nitrogens with zero attached hydrogens (tertiary/aromatic N) is 2. The van der Waals surface area contributed by atoms with Crippen molar-refractivity contribution in [3.05, 3.63) is 22.6 Å². The summed E-state index contributed by atoms with van der Waals surface area (Å²) in [6.07, 6.45) is -5.54. The van der Waals surface area contributed by atoms with Gasteiger partial charge in [-0.3, -0.25) is 4.79 Å². The monoisotopic (exact) mass is 431 g/mol. The summed E-state index contributed by atoms with van der Waals surface area (Å²) in [5.41, 5.74) is -0.934. The van der Waals surface area contributed by atoms with Gasteiger partial charge in [0.15, 0.2) is 0 Å². The number of alkyl halides is 3. The van der Waals surface area contributed by atoms with Crippen LogP contribution in [0.3, 0.4) is 0 Å². The largest absolute Gasteiger partial charge is 0.474 e. The second-order valence-electron chi connectivity index (χ2n) is 7.01. The Kier molecular flexibility index (Phi) is 5.61. The average molecular weight is 431 g/mol. The van der Waals surface area contributed by atoms with Crippen molar-refractivity contribution in [2.24, 2.45) is 0 Å². The number of carbonyl (C=O) groups is 2. The zero-order valence-corrected chi connectivity index (χ0v) is 16.7. The van der Waals surface area contributed by atoms with Gasteiger partial charge >= 0.3 is 12.3 Å². The second-order valence-corrected chi connectivity index (χ2v) is 7.89. The van der Waals surface area contributed by atoms with Gasteiger partial charge in [-0.25, -0.2) is 9.78 Å². The van der Waals surface area contributed by atoms with E-state index in [1.54, 1.807) is 13.8 Å². The highest BCUT2D eigenvalue weighted by Crippen LogP contribution is 2.40. The summed E-state index contributed by atoms with van der Waals surface area (Å²) in [7, 11) is 1.38. The summed E-state index contributed by atoms with van der Waals surface area (Å²) >= 11 is 0.799. The fraction of sp³-hybridized carbons (Fsp3) is 0.500. The van der Waals surface area contributed by atoms with Crippen molar-refractivity contribution < 1.29 is 32.6 Å². The molecule has 11 heteroatoms. The van der Waals surface area contributed by atoms with E-state index in [1.807, 2.05) is 0 Å². The van der Waals surface area contributed by atoms with Crippen LogP contribution < -0.4 is 10.1 Å². The van der Waals surface area contributed by atoms with Gasteiger partial charge in [0.05, 0.1) is 21.3 Å². The molecular formula is C18H20F3N3O4S. The summed E-state index contributed by atoms with van der Waals surface area (Å²) in [6, 6.07) is 0.134. The summed E-state index contributed by atoms with van der Waals surface area (Å²) < 4.78 is 46.4. The molecule has 0 saturated carbocycles. The zero-order valence-electron chi connectivity index (χ0n) is 15.9. The third-order valence-corrected chi connectivity index (χ3v) is 5.94. The molecule has 1 aliphatic rings. The lowest BCUT2D eigenvalue weighted by Crippen LogP contribution is -2.51. The second kappa shape index (κ2) is 7.69. The molecule has 0 aromatic carbocycles. The fourth-order valence-corrected chi connectivity index (χ4v) is 4.74. The first-order valence-corrected chi connectivity index (χ1v) is 9.80. The Balaban J connectivity index is 1.97. The van der Waals surface area contributed by atoms with Crippen LogP contribution in [0.1, 0.15) is 42.6 Å². The first-order chi connectivity index (χ1) is 13.5. The van der Waals surface area contributed by atoms with E-state index in [9.17, 15) is 27.9 Å². The van der Waals surface area contributed by atoms with Gasteiger partial charge in [0, 0.05) is 43.4 Å². The number of pyridine rings is 1. The van der Waals surface area contributed by atoms with Crippen LogP contribution in [0.25, 0.3) is 10.2 Å². The lowest BCUT2D eigenvalue weighted by Gasteiger charge is -2.40. The Morgan fingerprint density at radius 2 is 1.93 bits per heavy atom. The number of ether oxygens (including phenoxy) is 1. The molecular weight excluding hydrogens is 411 g/mol. The Morgan fingerprint density at radius 3 is 2.45 bits per heavy atom. The number of likely N-dealkylation sites (tertiary alicyclic amines) is 1. The molecule has 158 valence electrons. The third kappa shape index (κ3) is 4.09. The van der Waals surface area contributed by atoms with E-state index in [0.717, 1.165) is 17.4 Å². The maximum atomic E-state index is 13.6. The Hall–Kier alpha value is -2.56. The molecule has 0 unspecified atom stereocenters. The van der Waals surface area contributed by atoms with Crippen molar-refractivity contribution in [2.45, 2.75) is 51.1 Å². The van der Waals surface area contributed by atoms with Crippen LogP contribution in [0.2, 0.25) is 0 Å². The molecule has 0 spiro atoms. The summed E-state index contributed by atoms with van der Waals surface area (Å²) in [4.78, 5) is 28.8. The number of rotatable bonds is 3. The highest BCUT2D eigenvalue weighted by Gasteiger charge is 2.38. The van der Waals surface area contributed by atoms with E-state index in [4.69, 9.17) is 4.74 Å². The van der Waals surface area contributed by atoms with Gasteiger partial charge in [-0.15, -0.1) is 11.3 Å². The Morgan fingerprint density at radius 1 is 1.31 bits per heavy atom. The topological polar surface area (TPSA) is 91.8 Å². The summed E-state index contributed by atoms with van der Waals surface area (Å²) in [6.45, 7) is 3.45. The number of fused-ring (bicyclic) bond motifs is 1. The highest BCUT2D eigenvalue weighted by atomic mass is 32.1. The molecule has 1 saturated heterocycles. The Labute approximate surface area is 168 Å². The normalized spacial score (nSPS) is 22.6. The first kappa shape index (κ1) is 21.2. The molecule has 29 heavy (non-hydrogen) atoms. The molecule has 2 aromatic heterocycles. The highest BCUT2D eigenvalue weighted by molar-refractivity contribution is 7.17. The minimum absolute atomic E-state index is 0.0471. The van der Waals surface area contributed by atoms with Crippen LogP contribution in [0.4, 0.5) is 18.0 Å². The van der Waals surface area contributed by atoms with Crippen molar-refractivity contribution in [2.75, 3.05) is 7.05 Å². The van der Waals surface area contributed by atoms with Crippen LogP contribution in [0.15, 0.2) is 11.4 Å². The number of hydrogen-bond acceptors (Lipinski definition) is 5. The molecule has 1 aliphatic heterocycles. The quantitative estimate of drug-likeness (QED) is 0.767. The standard InChI is InChI=1S/C18H20F3N3O4S/c1-8-4-10(5-9(2)24(8)17(26)27)28-13-6-12(18(19,20)21)15-14(23-13)11(7-29-15)16(25)22-3/h6-10H,4-5H2,1-3H3,(H,22,25)(H,26,27)/t8-,9-/m0/s1. The zero-order chi connectivity index (χ0) is 21.5. The van der Waals surface area contributed by atoms with Crippen molar-refractivity contribution >= 4 is 33.6 Å². The summed E-state index contributed by atoms with van der Waals surface area (Å²) in [5.74, 6) is -0.771. The van der Waals surface area contributed by atoms with Gasteiger partial charge in [0.1, 0.15) is 6.10 Å². The molecule has 2 N–H and O–H groups in total. The van der Waals surface area contributed by atoms with Gasteiger partial charge in [-0.05, 0) is 13.8 Å². The SMILES string of the molecule is CNC(=O)c1csc2c(C(F)(F)F)cc(OC3C[C@H](C)N(C(=O)O)[C@@H](C)C3)nc12. The number of carbonyl (C=O) groups excluding carboxylic acids is 1. The van der Waals surface area contributed by atoms with E-state index in [0.29, 0.717) is 12.8 Å². The minimum atomic E-state index is -4.64. The van der Waals surface area contributed by atoms with Crippen LogP contribution in [-0.4, -0.2) is 52.2 Å². The smallest absolute Gasteiger partial charge is 0.418 e. The van der Waals surface area contributed by atoms with Gasteiger partial charge in [0.2, 0.25) is 5.88 Å². The lowest BCUT2D eigenvalue weighted by molar-refractivity contribution is -0.136. The lowest BCUT2D eigenvalue weighted by atomic mass is 9.95. The molecule has 7 nitrogen and oxygen atoms in total. The van der Waals surface area contributed by atoms with Crippen molar-refractivity contribution in [3.63, 3.8) is 0 Å². The minimum Gasteiger partial charge on any atom is -0.474 e. The van der Waals surface area contributed by atoms with Gasteiger partial charge < -0.3 is 20.1 Å². The van der Waals surface area contributed by atoms with E-state index in [-0.39, 0.29) is 33.7 Å². The molecule has 2 aromatic rings. The number of thiophene rings is 1. The van der Waals surface area contributed by atoms with Crippen molar-refractivity contribution in [1.29, 1.82) is 0 Å². The third-order valence-electron chi connectivity index (χ3n) is 4.94. The molecule has 3 rings (SSSR count). The maximum absolute atomic E-state index is 13.6. The number of piperidine rings is 1. The first-order valence-electron chi connectivity index (χ1n) is 8.92. The molecule has 3 heterocycles.